The van der Waals surface area contributed by atoms with Crippen molar-refractivity contribution in [2.45, 2.75) is 6.92 Å². The molecule has 0 aliphatic carbocycles. The lowest BCUT2D eigenvalue weighted by atomic mass is 10.2. The molecule has 0 atom stereocenters. The third kappa shape index (κ3) is 2.48. The molecule has 5 heteroatoms. The molecule has 2 rings (SSSR count). The highest BCUT2D eigenvalue weighted by Crippen LogP contribution is 2.17. The van der Waals surface area contributed by atoms with E-state index in [1.165, 1.54) is 0 Å². The fourth-order valence-corrected chi connectivity index (χ4v) is 2.02. The molecule has 0 aromatic carbocycles. The van der Waals surface area contributed by atoms with Crippen molar-refractivity contribution in [3.63, 3.8) is 0 Å². The molecule has 1 aromatic heterocycles. The molecule has 1 aliphatic heterocycles. The Morgan fingerprint density at radius 1 is 1.35 bits per heavy atom. The first-order valence-corrected chi connectivity index (χ1v) is 5.88. The van der Waals surface area contributed by atoms with Crippen molar-refractivity contribution in [2.75, 3.05) is 43.4 Å². The van der Waals surface area contributed by atoms with E-state index >= 15 is 0 Å². The van der Waals surface area contributed by atoms with Crippen LogP contribution in [0.15, 0.2) is 12.1 Å². The van der Waals surface area contributed by atoms with E-state index < -0.39 is 0 Å². The Labute approximate surface area is 101 Å². The van der Waals surface area contributed by atoms with Crippen LogP contribution in [-0.4, -0.2) is 42.6 Å². The standard InChI is InChI=1S/C12H17N5/c1-2-16-5-7-17(8-6-16)12-4-3-10(14)11(9-13)15-12/h3-4H,2,5-8,14H2,1H3. The average Bonchev–Trinajstić information content (AvgIpc) is 2.39. The molecule has 0 radical (unpaired) electrons. The van der Waals surface area contributed by atoms with Gasteiger partial charge in [-0.15, -0.1) is 0 Å². The van der Waals surface area contributed by atoms with Crippen LogP contribution >= 0.6 is 0 Å². The summed E-state index contributed by atoms with van der Waals surface area (Å²) >= 11 is 0. The third-order valence-electron chi connectivity index (χ3n) is 3.16. The number of nitrogens with two attached hydrogens (primary N) is 1. The maximum absolute atomic E-state index is 8.90. The van der Waals surface area contributed by atoms with Crippen molar-refractivity contribution in [3.8, 4) is 6.07 Å². The molecule has 5 nitrogen and oxygen atoms in total. The molecule has 2 heterocycles. The zero-order valence-corrected chi connectivity index (χ0v) is 10.1. The summed E-state index contributed by atoms with van der Waals surface area (Å²) in [6, 6.07) is 5.67. The van der Waals surface area contributed by atoms with Gasteiger partial charge >= 0.3 is 0 Å². The molecule has 0 saturated carbocycles. The van der Waals surface area contributed by atoms with Crippen LogP contribution < -0.4 is 10.6 Å². The predicted octanol–water partition coefficient (Wildman–Crippen LogP) is 0.677. The van der Waals surface area contributed by atoms with Gasteiger partial charge in [-0.3, -0.25) is 0 Å². The van der Waals surface area contributed by atoms with Crippen molar-refractivity contribution in [1.82, 2.24) is 9.88 Å². The number of hydrogen-bond acceptors (Lipinski definition) is 5. The van der Waals surface area contributed by atoms with Crippen LogP contribution in [0, 0.1) is 11.3 Å². The van der Waals surface area contributed by atoms with Gasteiger partial charge in [0.1, 0.15) is 11.9 Å². The van der Waals surface area contributed by atoms with Crippen molar-refractivity contribution >= 4 is 11.5 Å². The quantitative estimate of drug-likeness (QED) is 0.810. The number of hydrogen-bond donors (Lipinski definition) is 1. The second-order valence-corrected chi connectivity index (χ2v) is 4.14. The number of piperazine rings is 1. The maximum atomic E-state index is 8.90. The Hall–Kier alpha value is -1.80. The van der Waals surface area contributed by atoms with E-state index in [0.29, 0.717) is 11.4 Å². The van der Waals surface area contributed by atoms with Crippen LogP contribution in [-0.2, 0) is 0 Å². The van der Waals surface area contributed by atoms with E-state index in [1.54, 1.807) is 6.07 Å². The molecule has 0 amide bonds. The van der Waals surface area contributed by atoms with Gasteiger partial charge in [-0.1, -0.05) is 6.92 Å². The van der Waals surface area contributed by atoms with E-state index in [1.807, 2.05) is 12.1 Å². The highest BCUT2D eigenvalue weighted by molar-refractivity contribution is 5.55. The van der Waals surface area contributed by atoms with Gasteiger partial charge in [-0.2, -0.15) is 5.26 Å². The highest BCUT2D eigenvalue weighted by atomic mass is 15.3. The minimum atomic E-state index is 0.320. The summed E-state index contributed by atoms with van der Waals surface area (Å²) in [5.41, 5.74) is 6.43. The fourth-order valence-electron chi connectivity index (χ4n) is 2.02. The van der Waals surface area contributed by atoms with Crippen LogP contribution in [0.5, 0.6) is 0 Å². The summed E-state index contributed by atoms with van der Waals surface area (Å²) in [7, 11) is 0. The Balaban J connectivity index is 2.11. The summed E-state index contributed by atoms with van der Waals surface area (Å²) in [4.78, 5) is 8.89. The number of likely N-dealkylation sites (N-methyl/N-ethyl adjacent to an activating group) is 1. The minimum absolute atomic E-state index is 0.320. The van der Waals surface area contributed by atoms with Crippen molar-refractivity contribution < 1.29 is 0 Å². The van der Waals surface area contributed by atoms with E-state index in [-0.39, 0.29) is 0 Å². The monoisotopic (exact) mass is 231 g/mol. The molecule has 1 fully saturated rings. The van der Waals surface area contributed by atoms with Crippen LogP contribution in [0.1, 0.15) is 12.6 Å². The molecule has 1 aliphatic rings. The minimum Gasteiger partial charge on any atom is -0.396 e. The summed E-state index contributed by atoms with van der Waals surface area (Å²) in [5, 5.41) is 8.90. The Morgan fingerprint density at radius 2 is 2.06 bits per heavy atom. The molecule has 0 bridgehead atoms. The number of nitriles is 1. The number of nitrogens with zero attached hydrogens (tertiary/aromatic N) is 4. The lowest BCUT2D eigenvalue weighted by Crippen LogP contribution is -2.46. The summed E-state index contributed by atoms with van der Waals surface area (Å²) < 4.78 is 0. The molecule has 0 spiro atoms. The van der Waals surface area contributed by atoms with Gasteiger partial charge < -0.3 is 15.5 Å². The van der Waals surface area contributed by atoms with Crippen LogP contribution in [0.2, 0.25) is 0 Å². The van der Waals surface area contributed by atoms with Crippen molar-refractivity contribution in [3.05, 3.63) is 17.8 Å². The third-order valence-corrected chi connectivity index (χ3v) is 3.16. The molecule has 2 N–H and O–H groups in total. The average molecular weight is 231 g/mol. The summed E-state index contributed by atoms with van der Waals surface area (Å²) in [6.07, 6.45) is 0. The second-order valence-electron chi connectivity index (χ2n) is 4.14. The Bertz CT molecular complexity index is 429. The Kier molecular flexibility index (Phi) is 3.45. The molecule has 1 aromatic rings. The van der Waals surface area contributed by atoms with Gasteiger partial charge in [0.05, 0.1) is 5.69 Å². The van der Waals surface area contributed by atoms with Gasteiger partial charge in [0, 0.05) is 26.2 Å². The molecule has 1 saturated heterocycles. The van der Waals surface area contributed by atoms with Gasteiger partial charge in [0.15, 0.2) is 5.69 Å². The second kappa shape index (κ2) is 5.02. The van der Waals surface area contributed by atoms with E-state index in [9.17, 15) is 0 Å². The lowest BCUT2D eigenvalue weighted by molar-refractivity contribution is 0.270. The van der Waals surface area contributed by atoms with Crippen LogP contribution in [0.3, 0.4) is 0 Å². The van der Waals surface area contributed by atoms with E-state index in [0.717, 1.165) is 38.5 Å². The predicted molar refractivity (Wildman–Crippen MR) is 67.7 cm³/mol. The van der Waals surface area contributed by atoms with Crippen LogP contribution in [0.4, 0.5) is 11.5 Å². The fraction of sp³-hybridized carbons (Fsp3) is 0.500. The molecular weight excluding hydrogens is 214 g/mol. The Morgan fingerprint density at radius 3 is 2.65 bits per heavy atom. The SMILES string of the molecule is CCN1CCN(c2ccc(N)c(C#N)n2)CC1. The molecular formula is C12H17N5. The molecule has 17 heavy (non-hydrogen) atoms. The van der Waals surface area contributed by atoms with Crippen molar-refractivity contribution in [2.24, 2.45) is 0 Å². The van der Waals surface area contributed by atoms with E-state index in [4.69, 9.17) is 11.0 Å². The zero-order valence-electron chi connectivity index (χ0n) is 10.1. The van der Waals surface area contributed by atoms with Crippen LogP contribution in [0.25, 0.3) is 0 Å². The largest absolute Gasteiger partial charge is 0.396 e. The van der Waals surface area contributed by atoms with Crippen molar-refractivity contribution in [1.29, 1.82) is 5.26 Å². The highest BCUT2D eigenvalue weighted by Gasteiger charge is 2.17. The summed E-state index contributed by atoms with van der Waals surface area (Å²) in [5.74, 6) is 0.853. The zero-order chi connectivity index (χ0) is 12.3. The van der Waals surface area contributed by atoms with E-state index in [2.05, 4.69) is 21.7 Å². The van der Waals surface area contributed by atoms with Gasteiger partial charge in [0.2, 0.25) is 0 Å². The summed E-state index contributed by atoms with van der Waals surface area (Å²) in [6.45, 7) is 7.26. The maximum Gasteiger partial charge on any atom is 0.165 e. The first kappa shape index (κ1) is 11.7. The molecule has 90 valence electrons. The number of pyridine rings is 1. The van der Waals surface area contributed by atoms with Gasteiger partial charge in [-0.05, 0) is 18.7 Å². The number of nitrogen functional groups attached to an aromatic ring is 1. The normalized spacial score (nSPS) is 16.8. The first-order chi connectivity index (χ1) is 8.24. The topological polar surface area (TPSA) is 69.2 Å². The van der Waals surface area contributed by atoms with Gasteiger partial charge in [-0.25, -0.2) is 4.98 Å². The smallest absolute Gasteiger partial charge is 0.165 e. The number of anilines is 2. The lowest BCUT2D eigenvalue weighted by Gasteiger charge is -2.34. The van der Waals surface area contributed by atoms with Gasteiger partial charge in [0.25, 0.3) is 0 Å². The number of rotatable bonds is 2. The molecule has 0 unspecified atom stereocenters. The first-order valence-electron chi connectivity index (χ1n) is 5.88. The number of aromatic nitrogens is 1.